The lowest BCUT2D eigenvalue weighted by atomic mass is 10.2. The molecule has 1 aromatic heterocycles. The number of furan rings is 1. The van der Waals surface area contributed by atoms with Crippen molar-refractivity contribution in [3.63, 3.8) is 0 Å². The Morgan fingerprint density at radius 2 is 1.79 bits per heavy atom. The highest BCUT2D eigenvalue weighted by molar-refractivity contribution is 6.30. The fraction of sp³-hybridized carbons (Fsp3) is 0.429. The van der Waals surface area contributed by atoms with E-state index in [9.17, 15) is 9.59 Å². The Morgan fingerprint density at radius 3 is 2.45 bits per heavy atom. The van der Waals surface area contributed by atoms with Gasteiger partial charge in [-0.25, -0.2) is 0 Å². The number of nitrogens with zero attached hydrogens (tertiary/aromatic N) is 3. The van der Waals surface area contributed by atoms with Gasteiger partial charge >= 0.3 is 0 Å². The Kier molecular flexibility index (Phi) is 7.30. The van der Waals surface area contributed by atoms with Gasteiger partial charge in [-0.15, -0.1) is 0 Å². The summed E-state index contributed by atoms with van der Waals surface area (Å²) in [6, 6.07) is 11.4. The van der Waals surface area contributed by atoms with Crippen molar-refractivity contribution in [3.8, 4) is 11.3 Å². The molecule has 1 N–H and O–H groups in total. The second kappa shape index (κ2) is 9.91. The molecular formula is C21H27ClN4O3. The zero-order chi connectivity index (χ0) is 20.8. The molecule has 2 heterocycles. The van der Waals surface area contributed by atoms with E-state index in [1.807, 2.05) is 53.2 Å². The molecule has 0 aliphatic carbocycles. The Morgan fingerprint density at radius 1 is 1.10 bits per heavy atom. The van der Waals surface area contributed by atoms with Crippen molar-refractivity contribution >= 4 is 23.4 Å². The zero-order valence-electron chi connectivity index (χ0n) is 16.9. The SMILES string of the molecule is CNC(=O)CN1CCN(C(=O)CN(C)Cc2ccc(-c3ccc(Cl)cc3)o2)CC1. The van der Waals surface area contributed by atoms with E-state index in [2.05, 4.69) is 10.2 Å². The molecule has 0 atom stereocenters. The van der Waals surface area contributed by atoms with Crippen LogP contribution in [0.15, 0.2) is 40.8 Å². The van der Waals surface area contributed by atoms with Crippen molar-refractivity contribution in [3.05, 3.63) is 47.2 Å². The van der Waals surface area contributed by atoms with Gasteiger partial charge in [0.2, 0.25) is 11.8 Å². The normalized spacial score (nSPS) is 15.0. The minimum atomic E-state index is 0.000859. The van der Waals surface area contributed by atoms with Crippen LogP contribution in [0.3, 0.4) is 0 Å². The van der Waals surface area contributed by atoms with Crippen LogP contribution in [0.2, 0.25) is 5.02 Å². The summed E-state index contributed by atoms with van der Waals surface area (Å²) < 4.78 is 5.91. The number of nitrogens with one attached hydrogen (secondary N) is 1. The minimum absolute atomic E-state index is 0.000859. The maximum absolute atomic E-state index is 12.6. The highest BCUT2D eigenvalue weighted by Gasteiger charge is 2.23. The third-order valence-electron chi connectivity index (χ3n) is 4.99. The van der Waals surface area contributed by atoms with Gasteiger partial charge in [-0.05, 0) is 43.4 Å². The molecule has 0 unspecified atom stereocenters. The molecule has 1 fully saturated rings. The third kappa shape index (κ3) is 6.06. The molecule has 2 aromatic rings. The number of hydrogen-bond acceptors (Lipinski definition) is 5. The maximum atomic E-state index is 12.6. The molecule has 1 aromatic carbocycles. The van der Waals surface area contributed by atoms with Crippen LogP contribution in [0.4, 0.5) is 0 Å². The van der Waals surface area contributed by atoms with Gasteiger partial charge in [-0.2, -0.15) is 0 Å². The molecule has 0 radical (unpaired) electrons. The average Bonchev–Trinajstić information content (AvgIpc) is 3.17. The minimum Gasteiger partial charge on any atom is -0.460 e. The lowest BCUT2D eigenvalue weighted by molar-refractivity contribution is -0.134. The molecule has 0 bridgehead atoms. The number of amides is 2. The van der Waals surface area contributed by atoms with E-state index in [4.69, 9.17) is 16.0 Å². The largest absolute Gasteiger partial charge is 0.460 e. The summed E-state index contributed by atoms with van der Waals surface area (Å²) in [4.78, 5) is 29.9. The van der Waals surface area contributed by atoms with Gasteiger partial charge in [-0.3, -0.25) is 19.4 Å². The molecular weight excluding hydrogens is 392 g/mol. The predicted octanol–water partition coefficient (Wildman–Crippen LogP) is 1.92. The molecule has 0 saturated carbocycles. The van der Waals surface area contributed by atoms with Gasteiger partial charge in [-0.1, -0.05) is 11.6 Å². The number of benzene rings is 1. The summed E-state index contributed by atoms with van der Waals surface area (Å²) in [6.45, 7) is 3.97. The fourth-order valence-corrected chi connectivity index (χ4v) is 3.45. The van der Waals surface area contributed by atoms with E-state index in [1.54, 1.807) is 7.05 Å². The van der Waals surface area contributed by atoms with Crippen molar-refractivity contribution in [2.75, 3.05) is 53.4 Å². The molecule has 0 spiro atoms. The molecule has 1 aliphatic heterocycles. The molecule has 29 heavy (non-hydrogen) atoms. The van der Waals surface area contributed by atoms with E-state index in [-0.39, 0.29) is 11.8 Å². The summed E-state index contributed by atoms with van der Waals surface area (Å²) in [5.74, 6) is 1.68. The highest BCUT2D eigenvalue weighted by atomic mass is 35.5. The van der Waals surface area contributed by atoms with Crippen LogP contribution in [0.25, 0.3) is 11.3 Å². The second-order valence-electron chi connectivity index (χ2n) is 7.28. The molecule has 3 rings (SSSR count). The summed E-state index contributed by atoms with van der Waals surface area (Å²) in [5.41, 5.74) is 0.967. The van der Waals surface area contributed by atoms with E-state index in [0.29, 0.717) is 50.8 Å². The Balaban J connectivity index is 1.46. The van der Waals surface area contributed by atoms with Crippen LogP contribution in [0.1, 0.15) is 5.76 Å². The smallest absolute Gasteiger partial charge is 0.236 e. The fourth-order valence-electron chi connectivity index (χ4n) is 3.32. The maximum Gasteiger partial charge on any atom is 0.236 e. The Bertz CT molecular complexity index is 829. The van der Waals surface area contributed by atoms with E-state index in [0.717, 1.165) is 17.1 Å². The number of rotatable bonds is 7. The standard InChI is InChI=1S/C21H27ClN4O3/c1-23-20(27)14-25-9-11-26(12-10-25)21(28)15-24(2)13-18-7-8-19(29-18)16-3-5-17(22)6-4-16/h3-8H,9-15H2,1-2H3,(H,23,27). The average molecular weight is 419 g/mol. The molecule has 2 amide bonds. The van der Waals surface area contributed by atoms with Crippen LogP contribution < -0.4 is 5.32 Å². The third-order valence-corrected chi connectivity index (χ3v) is 5.24. The van der Waals surface area contributed by atoms with Gasteiger partial charge in [0.15, 0.2) is 0 Å². The summed E-state index contributed by atoms with van der Waals surface area (Å²) in [5, 5.41) is 3.32. The number of hydrogen-bond donors (Lipinski definition) is 1. The van der Waals surface area contributed by atoms with Crippen LogP contribution in [0, 0.1) is 0 Å². The Labute approximate surface area is 176 Å². The van der Waals surface area contributed by atoms with Crippen LogP contribution in [-0.2, 0) is 16.1 Å². The van der Waals surface area contributed by atoms with Crippen LogP contribution in [-0.4, -0.2) is 79.9 Å². The van der Waals surface area contributed by atoms with Gasteiger partial charge in [0.25, 0.3) is 0 Å². The van der Waals surface area contributed by atoms with Crippen LogP contribution in [0.5, 0.6) is 0 Å². The number of halogens is 1. The van der Waals surface area contributed by atoms with E-state index < -0.39 is 0 Å². The lowest BCUT2D eigenvalue weighted by Gasteiger charge is -2.35. The van der Waals surface area contributed by atoms with Crippen LogP contribution >= 0.6 is 11.6 Å². The topological polar surface area (TPSA) is 69.0 Å². The first kappa shape index (κ1) is 21.4. The van der Waals surface area contributed by atoms with Gasteiger partial charge in [0.1, 0.15) is 11.5 Å². The van der Waals surface area contributed by atoms with E-state index >= 15 is 0 Å². The van der Waals surface area contributed by atoms with E-state index in [1.165, 1.54) is 0 Å². The lowest BCUT2D eigenvalue weighted by Crippen LogP contribution is -2.52. The first-order valence-corrected chi connectivity index (χ1v) is 10.1. The van der Waals surface area contributed by atoms with Crippen molar-refractivity contribution in [1.82, 2.24) is 20.0 Å². The summed E-state index contributed by atoms with van der Waals surface area (Å²) in [7, 11) is 3.54. The second-order valence-corrected chi connectivity index (χ2v) is 7.71. The van der Waals surface area contributed by atoms with Gasteiger partial charge < -0.3 is 14.6 Å². The van der Waals surface area contributed by atoms with Crippen molar-refractivity contribution in [2.24, 2.45) is 0 Å². The molecule has 156 valence electrons. The van der Waals surface area contributed by atoms with Crippen molar-refractivity contribution in [1.29, 1.82) is 0 Å². The first-order chi connectivity index (χ1) is 13.9. The molecule has 8 heteroatoms. The molecule has 1 saturated heterocycles. The first-order valence-electron chi connectivity index (χ1n) is 9.68. The van der Waals surface area contributed by atoms with Crippen molar-refractivity contribution < 1.29 is 14.0 Å². The quantitative estimate of drug-likeness (QED) is 0.744. The zero-order valence-corrected chi connectivity index (χ0v) is 17.6. The monoisotopic (exact) mass is 418 g/mol. The van der Waals surface area contributed by atoms with Crippen molar-refractivity contribution in [2.45, 2.75) is 6.54 Å². The molecule has 7 nitrogen and oxygen atoms in total. The Hall–Kier alpha value is -2.35. The predicted molar refractivity (Wildman–Crippen MR) is 113 cm³/mol. The number of carbonyl (C=O) groups is 2. The van der Waals surface area contributed by atoms with Gasteiger partial charge in [0, 0.05) is 43.8 Å². The number of likely N-dealkylation sites (N-methyl/N-ethyl adjacent to an activating group) is 2. The molecule has 1 aliphatic rings. The van der Waals surface area contributed by atoms with Gasteiger partial charge in [0.05, 0.1) is 19.6 Å². The number of carbonyl (C=O) groups excluding carboxylic acids is 2. The summed E-state index contributed by atoms with van der Waals surface area (Å²) in [6.07, 6.45) is 0. The highest BCUT2D eigenvalue weighted by Crippen LogP contribution is 2.24. The number of piperazine rings is 1. The summed E-state index contributed by atoms with van der Waals surface area (Å²) >= 11 is 5.93.